The Balaban J connectivity index is 2.58. The maximum atomic E-state index is 10.9. The van der Waals surface area contributed by atoms with Crippen LogP contribution < -0.4 is 5.32 Å². The fourth-order valence-electron chi connectivity index (χ4n) is 2.03. The molecule has 106 valence electrons. The molecule has 0 fully saturated rings. The molecule has 0 spiro atoms. The van der Waals surface area contributed by atoms with Crippen LogP contribution in [0.15, 0.2) is 18.2 Å². The molecule has 0 radical (unpaired) electrons. The number of rotatable bonds is 7. The zero-order valence-electron chi connectivity index (χ0n) is 12.3. The molecule has 1 rings (SSSR count). The third kappa shape index (κ3) is 4.99. The molecule has 4 heteroatoms. The molecule has 4 nitrogen and oxygen atoms in total. The number of hydrogen-bond acceptors (Lipinski definition) is 3. The highest BCUT2D eigenvalue weighted by atomic mass is 16.6. The summed E-state index contributed by atoms with van der Waals surface area (Å²) < 4.78 is 0. The third-order valence-electron chi connectivity index (χ3n) is 3.43. The van der Waals surface area contributed by atoms with E-state index in [0.717, 1.165) is 17.5 Å². The largest absolute Gasteiger partial charge is 0.310 e. The minimum atomic E-state index is -0.318. The van der Waals surface area contributed by atoms with Crippen molar-refractivity contribution in [3.63, 3.8) is 0 Å². The van der Waals surface area contributed by atoms with Crippen molar-refractivity contribution in [2.24, 2.45) is 5.92 Å². The van der Waals surface area contributed by atoms with Crippen molar-refractivity contribution in [3.8, 4) is 0 Å². The quantitative estimate of drug-likeness (QED) is 0.601. The molecule has 0 heterocycles. The third-order valence-corrected chi connectivity index (χ3v) is 3.43. The molecule has 1 unspecified atom stereocenters. The SMILES string of the molecule is Cc1c(CNC(C)CCC(C)C)cccc1[N+](=O)[O-]. The number of hydrogen-bond donors (Lipinski definition) is 1. The average molecular weight is 264 g/mol. The molecule has 19 heavy (non-hydrogen) atoms. The first-order valence-electron chi connectivity index (χ1n) is 6.88. The molecule has 0 aliphatic carbocycles. The highest BCUT2D eigenvalue weighted by Crippen LogP contribution is 2.21. The van der Waals surface area contributed by atoms with Crippen molar-refractivity contribution >= 4 is 5.69 Å². The highest BCUT2D eigenvalue weighted by molar-refractivity contribution is 5.44. The zero-order valence-corrected chi connectivity index (χ0v) is 12.3. The molecular formula is C15H24N2O2. The summed E-state index contributed by atoms with van der Waals surface area (Å²) in [5, 5.41) is 14.3. The van der Waals surface area contributed by atoms with Crippen molar-refractivity contribution in [2.75, 3.05) is 0 Å². The van der Waals surface area contributed by atoms with Crippen LogP contribution in [0.2, 0.25) is 0 Å². The predicted molar refractivity (Wildman–Crippen MR) is 78.2 cm³/mol. The Morgan fingerprint density at radius 2 is 1.95 bits per heavy atom. The Kier molecular flexibility index (Phi) is 5.96. The first kappa shape index (κ1) is 15.6. The van der Waals surface area contributed by atoms with Crippen LogP contribution in [0, 0.1) is 23.0 Å². The van der Waals surface area contributed by atoms with Crippen molar-refractivity contribution in [1.29, 1.82) is 0 Å². The summed E-state index contributed by atoms with van der Waals surface area (Å²) in [6.45, 7) is 9.10. The van der Waals surface area contributed by atoms with Crippen LogP contribution in [0.1, 0.15) is 44.7 Å². The maximum absolute atomic E-state index is 10.9. The Morgan fingerprint density at radius 1 is 1.26 bits per heavy atom. The van der Waals surface area contributed by atoms with E-state index in [1.807, 2.05) is 13.0 Å². The second kappa shape index (κ2) is 7.24. The first-order valence-corrected chi connectivity index (χ1v) is 6.88. The molecule has 1 N–H and O–H groups in total. The maximum Gasteiger partial charge on any atom is 0.272 e. The molecule has 0 amide bonds. The van der Waals surface area contributed by atoms with Crippen molar-refractivity contribution in [1.82, 2.24) is 5.32 Å². The summed E-state index contributed by atoms with van der Waals surface area (Å²) in [5.41, 5.74) is 1.97. The molecule has 0 bridgehead atoms. The summed E-state index contributed by atoms with van der Waals surface area (Å²) in [6.07, 6.45) is 2.33. The monoisotopic (exact) mass is 264 g/mol. The smallest absolute Gasteiger partial charge is 0.272 e. The van der Waals surface area contributed by atoms with E-state index in [1.165, 1.54) is 6.42 Å². The molecule has 0 saturated heterocycles. The number of nitro groups is 1. The Hall–Kier alpha value is -1.42. The number of benzene rings is 1. The lowest BCUT2D eigenvalue weighted by Gasteiger charge is -2.16. The predicted octanol–water partition coefficient (Wildman–Crippen LogP) is 3.82. The number of nitro benzene ring substituents is 1. The minimum Gasteiger partial charge on any atom is -0.310 e. The lowest BCUT2D eigenvalue weighted by Crippen LogP contribution is -2.26. The molecule has 0 saturated carbocycles. The van der Waals surface area contributed by atoms with E-state index in [4.69, 9.17) is 0 Å². The molecular weight excluding hydrogens is 240 g/mol. The summed E-state index contributed by atoms with van der Waals surface area (Å²) >= 11 is 0. The van der Waals surface area contributed by atoms with Gasteiger partial charge in [-0.1, -0.05) is 26.0 Å². The van der Waals surface area contributed by atoms with Crippen LogP contribution in [0.4, 0.5) is 5.69 Å². The number of nitrogens with zero attached hydrogens (tertiary/aromatic N) is 1. The summed E-state index contributed by atoms with van der Waals surface area (Å²) in [6, 6.07) is 5.69. The van der Waals surface area contributed by atoms with Gasteiger partial charge in [0.15, 0.2) is 0 Å². The van der Waals surface area contributed by atoms with E-state index in [2.05, 4.69) is 26.1 Å². The van der Waals surface area contributed by atoms with Gasteiger partial charge in [-0.25, -0.2) is 0 Å². The van der Waals surface area contributed by atoms with Gasteiger partial charge in [-0.05, 0) is 38.2 Å². The van der Waals surface area contributed by atoms with Crippen LogP contribution in [0.25, 0.3) is 0 Å². The van der Waals surface area contributed by atoms with Crippen LogP contribution in [-0.2, 0) is 6.54 Å². The van der Waals surface area contributed by atoms with Gasteiger partial charge in [0.1, 0.15) is 0 Å². The lowest BCUT2D eigenvalue weighted by atomic mass is 10.0. The Bertz CT molecular complexity index is 430. The van der Waals surface area contributed by atoms with Gasteiger partial charge >= 0.3 is 0 Å². The molecule has 1 atom stereocenters. The van der Waals surface area contributed by atoms with Gasteiger partial charge in [0.2, 0.25) is 0 Å². The van der Waals surface area contributed by atoms with Crippen molar-refractivity contribution < 1.29 is 4.92 Å². The summed E-state index contributed by atoms with van der Waals surface area (Å²) in [4.78, 5) is 10.6. The van der Waals surface area contributed by atoms with Gasteiger partial charge in [0.25, 0.3) is 5.69 Å². The Morgan fingerprint density at radius 3 is 2.53 bits per heavy atom. The van der Waals surface area contributed by atoms with E-state index in [1.54, 1.807) is 12.1 Å². The minimum absolute atomic E-state index is 0.203. The molecule has 1 aromatic rings. The van der Waals surface area contributed by atoms with E-state index >= 15 is 0 Å². The zero-order chi connectivity index (χ0) is 14.4. The fourth-order valence-corrected chi connectivity index (χ4v) is 2.03. The summed E-state index contributed by atoms with van der Waals surface area (Å²) in [7, 11) is 0. The average Bonchev–Trinajstić information content (AvgIpc) is 2.34. The standard InChI is InChI=1S/C15H24N2O2/c1-11(2)8-9-12(3)16-10-14-6-5-7-15(13(14)4)17(18)19/h5-7,11-12,16H,8-10H2,1-4H3. The van der Waals surface area contributed by atoms with Crippen LogP contribution >= 0.6 is 0 Å². The molecule has 0 aliphatic heterocycles. The van der Waals surface area contributed by atoms with Gasteiger partial charge in [-0.2, -0.15) is 0 Å². The second-order valence-corrected chi connectivity index (χ2v) is 5.57. The normalized spacial score (nSPS) is 12.7. The van der Waals surface area contributed by atoms with E-state index in [-0.39, 0.29) is 10.6 Å². The number of nitrogens with one attached hydrogen (secondary N) is 1. The summed E-state index contributed by atoms with van der Waals surface area (Å²) in [5.74, 6) is 0.712. The second-order valence-electron chi connectivity index (χ2n) is 5.57. The van der Waals surface area contributed by atoms with Crippen LogP contribution in [0.3, 0.4) is 0 Å². The Labute approximate surface area is 115 Å². The van der Waals surface area contributed by atoms with E-state index < -0.39 is 0 Å². The van der Waals surface area contributed by atoms with Crippen LogP contribution in [0.5, 0.6) is 0 Å². The molecule has 1 aromatic carbocycles. The van der Waals surface area contributed by atoms with Gasteiger partial charge in [-0.15, -0.1) is 0 Å². The van der Waals surface area contributed by atoms with E-state index in [0.29, 0.717) is 18.5 Å². The molecule has 0 aromatic heterocycles. The lowest BCUT2D eigenvalue weighted by molar-refractivity contribution is -0.385. The van der Waals surface area contributed by atoms with Crippen LogP contribution in [-0.4, -0.2) is 11.0 Å². The van der Waals surface area contributed by atoms with Crippen molar-refractivity contribution in [2.45, 2.75) is 53.1 Å². The van der Waals surface area contributed by atoms with E-state index in [9.17, 15) is 10.1 Å². The van der Waals surface area contributed by atoms with Crippen molar-refractivity contribution in [3.05, 3.63) is 39.4 Å². The topological polar surface area (TPSA) is 55.2 Å². The molecule has 0 aliphatic rings. The van der Waals surface area contributed by atoms with Gasteiger partial charge in [-0.3, -0.25) is 10.1 Å². The van der Waals surface area contributed by atoms with Gasteiger partial charge < -0.3 is 5.32 Å². The highest BCUT2D eigenvalue weighted by Gasteiger charge is 2.13. The fraction of sp³-hybridized carbons (Fsp3) is 0.600. The van der Waals surface area contributed by atoms with Gasteiger partial charge in [0, 0.05) is 24.2 Å². The van der Waals surface area contributed by atoms with Gasteiger partial charge in [0.05, 0.1) is 4.92 Å². The first-order chi connectivity index (χ1) is 8.91.